The highest BCUT2D eigenvalue weighted by Crippen LogP contribution is 2.10. The molecular weight excluding hydrogens is 343 g/mol. The first kappa shape index (κ1) is 16.5. The van der Waals surface area contributed by atoms with Crippen LogP contribution in [0.4, 0.5) is 0 Å². The van der Waals surface area contributed by atoms with Crippen LogP contribution < -0.4 is 15.4 Å². The quantitative estimate of drug-likeness (QED) is 0.368. The minimum atomic E-state index is 0. The van der Waals surface area contributed by atoms with Gasteiger partial charge in [-0.05, 0) is 24.3 Å². The number of aliphatic imine (C=N–C) groups is 1. The summed E-state index contributed by atoms with van der Waals surface area (Å²) in [4.78, 5) is 3.98. The number of halogens is 1. The van der Waals surface area contributed by atoms with Crippen LogP contribution in [0.25, 0.3) is 0 Å². The molecule has 6 heteroatoms. The summed E-state index contributed by atoms with van der Waals surface area (Å²) >= 11 is 0. The normalized spacial score (nSPS) is 9.94. The molecule has 2 N–H and O–H groups in total. The van der Waals surface area contributed by atoms with E-state index in [1.165, 1.54) is 0 Å². The summed E-state index contributed by atoms with van der Waals surface area (Å²) in [6, 6.07) is 9.09. The number of rotatable bonds is 4. The summed E-state index contributed by atoms with van der Waals surface area (Å²) in [5, 5.41) is 14.6. The number of hydrogen-bond donors (Lipinski definition) is 2. The number of ether oxygens (including phenoxy) is 1. The number of guanidine groups is 1. The average Bonchev–Trinajstić information content (AvgIpc) is 2.40. The molecule has 0 atom stereocenters. The lowest BCUT2D eigenvalue weighted by Gasteiger charge is -2.09. The fourth-order valence-corrected chi connectivity index (χ4v) is 1.24. The van der Waals surface area contributed by atoms with E-state index >= 15 is 0 Å². The van der Waals surface area contributed by atoms with E-state index < -0.39 is 0 Å². The molecule has 0 unspecified atom stereocenters. The molecule has 0 saturated heterocycles. The predicted octanol–water partition coefficient (Wildman–Crippen LogP) is 1.35. The van der Waals surface area contributed by atoms with Crippen molar-refractivity contribution in [1.82, 2.24) is 10.6 Å². The zero-order valence-electron chi connectivity index (χ0n) is 10.4. The Morgan fingerprint density at radius 2 is 2.06 bits per heavy atom. The van der Waals surface area contributed by atoms with Crippen molar-refractivity contribution in [2.45, 2.75) is 0 Å². The third-order valence-corrected chi connectivity index (χ3v) is 2.11. The van der Waals surface area contributed by atoms with Crippen LogP contribution in [0.3, 0.4) is 0 Å². The zero-order valence-corrected chi connectivity index (χ0v) is 12.8. The highest BCUT2D eigenvalue weighted by atomic mass is 127. The lowest BCUT2D eigenvalue weighted by Crippen LogP contribution is -2.37. The lowest BCUT2D eigenvalue weighted by atomic mass is 10.2. The molecule has 0 aromatic heterocycles. The summed E-state index contributed by atoms with van der Waals surface area (Å²) in [6.07, 6.45) is 0. The van der Waals surface area contributed by atoms with E-state index in [4.69, 9.17) is 10.00 Å². The molecule has 0 bridgehead atoms. The number of nitrogens with one attached hydrogen (secondary N) is 2. The first-order chi connectivity index (χ1) is 8.30. The molecule has 0 aliphatic carbocycles. The molecule has 1 aromatic carbocycles. The van der Waals surface area contributed by atoms with Gasteiger partial charge >= 0.3 is 0 Å². The third-order valence-electron chi connectivity index (χ3n) is 2.11. The largest absolute Gasteiger partial charge is 0.492 e. The number of nitriles is 1. The minimum Gasteiger partial charge on any atom is -0.492 e. The molecule has 0 aliphatic heterocycles. The fraction of sp³-hybridized carbons (Fsp3) is 0.333. The van der Waals surface area contributed by atoms with Crippen LogP contribution in [0.1, 0.15) is 5.56 Å². The smallest absolute Gasteiger partial charge is 0.190 e. The van der Waals surface area contributed by atoms with Gasteiger partial charge in [0.05, 0.1) is 18.2 Å². The molecule has 0 spiro atoms. The summed E-state index contributed by atoms with van der Waals surface area (Å²) < 4.78 is 5.49. The van der Waals surface area contributed by atoms with Crippen molar-refractivity contribution in [3.8, 4) is 11.8 Å². The number of benzene rings is 1. The van der Waals surface area contributed by atoms with Gasteiger partial charge in [0.1, 0.15) is 12.4 Å². The molecule has 5 nitrogen and oxygen atoms in total. The van der Waals surface area contributed by atoms with Gasteiger partial charge in [-0.25, -0.2) is 0 Å². The molecule has 18 heavy (non-hydrogen) atoms. The Kier molecular flexibility index (Phi) is 8.74. The van der Waals surface area contributed by atoms with Crippen LogP contribution in [0, 0.1) is 11.3 Å². The lowest BCUT2D eigenvalue weighted by molar-refractivity contribution is 0.322. The maximum Gasteiger partial charge on any atom is 0.190 e. The van der Waals surface area contributed by atoms with E-state index in [2.05, 4.69) is 21.7 Å². The van der Waals surface area contributed by atoms with Crippen molar-refractivity contribution in [2.75, 3.05) is 27.2 Å². The highest BCUT2D eigenvalue weighted by Gasteiger charge is 1.95. The first-order valence-corrected chi connectivity index (χ1v) is 5.31. The molecule has 0 fully saturated rings. The Morgan fingerprint density at radius 3 is 2.56 bits per heavy atom. The van der Waals surface area contributed by atoms with Crippen molar-refractivity contribution in [2.24, 2.45) is 4.99 Å². The standard InChI is InChI=1S/C12H16N4O.HI/c1-14-12(15-2)16-7-8-17-11-5-3-10(9-13)4-6-11;/h3-6H,7-8H2,1-2H3,(H2,14,15,16);1H. The summed E-state index contributed by atoms with van der Waals surface area (Å²) in [7, 11) is 3.51. The van der Waals surface area contributed by atoms with Crippen molar-refractivity contribution in [3.63, 3.8) is 0 Å². The molecule has 0 saturated carbocycles. The Balaban J connectivity index is 0.00000289. The molecule has 0 heterocycles. The Hall–Kier alpha value is -1.49. The minimum absolute atomic E-state index is 0. The van der Waals surface area contributed by atoms with E-state index in [9.17, 15) is 0 Å². The van der Waals surface area contributed by atoms with Gasteiger partial charge in [-0.3, -0.25) is 4.99 Å². The predicted molar refractivity (Wildman–Crippen MR) is 82.5 cm³/mol. The monoisotopic (exact) mass is 360 g/mol. The molecule has 98 valence electrons. The van der Waals surface area contributed by atoms with Gasteiger partial charge in [0.2, 0.25) is 0 Å². The average molecular weight is 360 g/mol. The van der Waals surface area contributed by atoms with Crippen LogP contribution in [-0.2, 0) is 0 Å². The molecule has 0 amide bonds. The van der Waals surface area contributed by atoms with Crippen LogP contribution in [0.5, 0.6) is 5.75 Å². The highest BCUT2D eigenvalue weighted by molar-refractivity contribution is 14.0. The van der Waals surface area contributed by atoms with Gasteiger partial charge < -0.3 is 15.4 Å². The summed E-state index contributed by atoms with van der Waals surface area (Å²) in [5.74, 6) is 1.48. The van der Waals surface area contributed by atoms with Gasteiger partial charge in [-0.15, -0.1) is 24.0 Å². The second-order valence-corrected chi connectivity index (χ2v) is 3.23. The van der Waals surface area contributed by atoms with Crippen molar-refractivity contribution < 1.29 is 4.74 Å². The maximum atomic E-state index is 8.64. The van der Waals surface area contributed by atoms with Crippen LogP contribution in [-0.4, -0.2) is 33.2 Å². The number of nitrogens with zero attached hydrogens (tertiary/aromatic N) is 2. The summed E-state index contributed by atoms with van der Waals surface area (Å²) in [5.41, 5.74) is 0.631. The van der Waals surface area contributed by atoms with Gasteiger partial charge in [0.25, 0.3) is 0 Å². The fourth-order valence-electron chi connectivity index (χ4n) is 1.24. The van der Waals surface area contributed by atoms with Crippen LogP contribution in [0.2, 0.25) is 0 Å². The zero-order chi connectivity index (χ0) is 12.5. The molecule has 0 aliphatic rings. The third kappa shape index (κ3) is 5.72. The van der Waals surface area contributed by atoms with Gasteiger partial charge in [-0.1, -0.05) is 0 Å². The van der Waals surface area contributed by atoms with E-state index in [1.807, 2.05) is 0 Å². The van der Waals surface area contributed by atoms with E-state index in [-0.39, 0.29) is 24.0 Å². The first-order valence-electron chi connectivity index (χ1n) is 5.31. The Morgan fingerprint density at radius 1 is 1.39 bits per heavy atom. The van der Waals surface area contributed by atoms with Crippen molar-refractivity contribution in [1.29, 1.82) is 5.26 Å². The van der Waals surface area contributed by atoms with E-state index in [1.54, 1.807) is 38.4 Å². The SMILES string of the molecule is CN=C(NC)NCCOc1ccc(C#N)cc1.I. The van der Waals surface area contributed by atoms with Gasteiger partial charge in [0.15, 0.2) is 5.96 Å². The van der Waals surface area contributed by atoms with E-state index in [0.717, 1.165) is 11.7 Å². The molecule has 1 rings (SSSR count). The molecule has 0 radical (unpaired) electrons. The second-order valence-electron chi connectivity index (χ2n) is 3.23. The van der Waals surface area contributed by atoms with E-state index in [0.29, 0.717) is 18.7 Å². The molecular formula is C12H17IN4O. The molecule has 1 aromatic rings. The van der Waals surface area contributed by atoms with Crippen LogP contribution in [0.15, 0.2) is 29.3 Å². The topological polar surface area (TPSA) is 69.4 Å². The summed E-state index contributed by atoms with van der Waals surface area (Å²) in [6.45, 7) is 1.19. The van der Waals surface area contributed by atoms with Gasteiger partial charge in [0, 0.05) is 14.1 Å². The van der Waals surface area contributed by atoms with Gasteiger partial charge in [-0.2, -0.15) is 5.26 Å². The van der Waals surface area contributed by atoms with Crippen molar-refractivity contribution >= 4 is 29.9 Å². The Labute approximate surface area is 124 Å². The van der Waals surface area contributed by atoms with Crippen LogP contribution >= 0.6 is 24.0 Å². The second kappa shape index (κ2) is 9.53. The maximum absolute atomic E-state index is 8.64. The number of hydrogen-bond acceptors (Lipinski definition) is 3. The Bertz CT molecular complexity index is 411. The van der Waals surface area contributed by atoms with Crippen molar-refractivity contribution in [3.05, 3.63) is 29.8 Å².